The fourth-order valence-electron chi connectivity index (χ4n) is 4.24. The van der Waals surface area contributed by atoms with E-state index in [4.69, 9.17) is 0 Å². The number of nitro benzene ring substituents is 2. The number of anilines is 2. The van der Waals surface area contributed by atoms with Gasteiger partial charge in [-0.2, -0.15) is 0 Å². The Balaban J connectivity index is 1.22. The topological polar surface area (TPSA) is 116 Å². The highest BCUT2D eigenvalue weighted by atomic mass is 16.6. The molecule has 2 saturated heterocycles. The van der Waals surface area contributed by atoms with Gasteiger partial charge < -0.3 is 14.7 Å². The summed E-state index contributed by atoms with van der Waals surface area (Å²) < 4.78 is 0. The second kappa shape index (κ2) is 9.82. The minimum atomic E-state index is -0.411. The van der Waals surface area contributed by atoms with Gasteiger partial charge in [0.25, 0.3) is 11.4 Å². The Kier molecular flexibility index (Phi) is 6.68. The highest BCUT2D eigenvalue weighted by Gasteiger charge is 2.25. The number of piperazine rings is 2. The lowest BCUT2D eigenvalue weighted by Crippen LogP contribution is -2.54. The molecule has 0 atom stereocenters. The predicted molar refractivity (Wildman–Crippen MR) is 124 cm³/mol. The van der Waals surface area contributed by atoms with Crippen molar-refractivity contribution in [2.45, 2.75) is 0 Å². The molecule has 0 bridgehead atoms. The van der Waals surface area contributed by atoms with Crippen LogP contribution in [-0.2, 0) is 4.79 Å². The van der Waals surface area contributed by atoms with Gasteiger partial charge in [0.2, 0.25) is 5.91 Å². The average molecular weight is 454 g/mol. The zero-order valence-electron chi connectivity index (χ0n) is 18.2. The Hall–Kier alpha value is -3.73. The van der Waals surface area contributed by atoms with Gasteiger partial charge in [0.1, 0.15) is 0 Å². The van der Waals surface area contributed by atoms with Gasteiger partial charge in [-0.15, -0.1) is 0 Å². The molecular formula is C22H26N6O5. The third kappa shape index (κ3) is 5.37. The zero-order chi connectivity index (χ0) is 23.4. The van der Waals surface area contributed by atoms with Gasteiger partial charge in [0, 0.05) is 88.0 Å². The van der Waals surface area contributed by atoms with Crippen molar-refractivity contribution in [3.8, 4) is 0 Å². The van der Waals surface area contributed by atoms with Crippen molar-refractivity contribution < 1.29 is 14.6 Å². The normalized spacial score (nSPS) is 17.2. The first-order valence-electron chi connectivity index (χ1n) is 10.9. The maximum absolute atomic E-state index is 12.8. The van der Waals surface area contributed by atoms with Crippen LogP contribution < -0.4 is 9.80 Å². The van der Waals surface area contributed by atoms with Crippen LogP contribution in [0.2, 0.25) is 0 Å². The number of hydrogen-bond acceptors (Lipinski definition) is 8. The molecule has 0 spiro atoms. The molecule has 0 unspecified atom stereocenters. The number of amides is 1. The van der Waals surface area contributed by atoms with E-state index in [1.54, 1.807) is 24.3 Å². The summed E-state index contributed by atoms with van der Waals surface area (Å²) in [6.45, 7) is 6.05. The molecule has 33 heavy (non-hydrogen) atoms. The van der Waals surface area contributed by atoms with E-state index >= 15 is 0 Å². The second-order valence-corrected chi connectivity index (χ2v) is 8.18. The molecule has 0 aliphatic carbocycles. The van der Waals surface area contributed by atoms with Crippen molar-refractivity contribution in [1.82, 2.24) is 9.80 Å². The van der Waals surface area contributed by atoms with E-state index < -0.39 is 9.85 Å². The molecule has 0 radical (unpaired) electrons. The zero-order valence-corrected chi connectivity index (χ0v) is 18.2. The van der Waals surface area contributed by atoms with Gasteiger partial charge in [-0.05, 0) is 24.3 Å². The number of carbonyl (C=O) groups excluding carboxylic acids is 1. The lowest BCUT2D eigenvalue weighted by atomic mass is 10.2. The standard InChI is InChI=1S/C22H26N6O5/c29-22(26-15-13-25(14-16-26)19-3-7-21(8-4-19)28(32)33)17-23-9-11-24(12-10-23)18-1-5-20(6-2-18)27(30)31/h1-8H,9-17H2. The molecule has 2 fully saturated rings. The molecule has 2 aliphatic rings. The maximum atomic E-state index is 12.8. The molecule has 11 heteroatoms. The van der Waals surface area contributed by atoms with Gasteiger partial charge in [0.15, 0.2) is 0 Å². The Morgan fingerprint density at radius 3 is 1.45 bits per heavy atom. The quantitative estimate of drug-likeness (QED) is 0.481. The average Bonchev–Trinajstić information content (AvgIpc) is 2.85. The summed E-state index contributed by atoms with van der Waals surface area (Å²) in [5.41, 5.74) is 2.03. The van der Waals surface area contributed by atoms with Crippen LogP contribution in [0.5, 0.6) is 0 Å². The smallest absolute Gasteiger partial charge is 0.269 e. The second-order valence-electron chi connectivity index (χ2n) is 8.18. The summed E-state index contributed by atoms with van der Waals surface area (Å²) in [4.78, 5) is 41.9. The molecule has 2 aliphatic heterocycles. The summed E-state index contributed by atoms with van der Waals surface area (Å²) in [5, 5.41) is 21.6. The van der Waals surface area contributed by atoms with Crippen molar-refractivity contribution in [1.29, 1.82) is 0 Å². The molecule has 0 aromatic heterocycles. The van der Waals surface area contributed by atoms with Crippen LogP contribution in [0.1, 0.15) is 0 Å². The number of nitrogens with zero attached hydrogens (tertiary/aromatic N) is 6. The van der Waals surface area contributed by atoms with Crippen molar-refractivity contribution in [3.63, 3.8) is 0 Å². The third-order valence-corrected chi connectivity index (χ3v) is 6.21. The van der Waals surface area contributed by atoms with E-state index in [1.807, 2.05) is 4.90 Å². The molecule has 174 valence electrons. The van der Waals surface area contributed by atoms with Gasteiger partial charge in [-0.1, -0.05) is 0 Å². The molecular weight excluding hydrogens is 428 g/mol. The summed E-state index contributed by atoms with van der Waals surface area (Å²) >= 11 is 0. The fraction of sp³-hybridized carbons (Fsp3) is 0.409. The van der Waals surface area contributed by atoms with Gasteiger partial charge in [0.05, 0.1) is 16.4 Å². The minimum absolute atomic E-state index is 0.0706. The van der Waals surface area contributed by atoms with Crippen LogP contribution in [0.15, 0.2) is 48.5 Å². The highest BCUT2D eigenvalue weighted by molar-refractivity contribution is 5.78. The molecule has 4 rings (SSSR count). The largest absolute Gasteiger partial charge is 0.369 e. The van der Waals surface area contributed by atoms with Crippen LogP contribution >= 0.6 is 0 Å². The molecule has 0 saturated carbocycles. The first-order chi connectivity index (χ1) is 15.9. The molecule has 11 nitrogen and oxygen atoms in total. The van der Waals surface area contributed by atoms with Crippen LogP contribution in [0.4, 0.5) is 22.7 Å². The van der Waals surface area contributed by atoms with Crippen molar-refractivity contribution >= 4 is 28.7 Å². The van der Waals surface area contributed by atoms with Gasteiger partial charge in [-0.3, -0.25) is 29.9 Å². The molecule has 0 N–H and O–H groups in total. The highest BCUT2D eigenvalue weighted by Crippen LogP contribution is 2.22. The monoisotopic (exact) mass is 454 g/mol. The lowest BCUT2D eigenvalue weighted by molar-refractivity contribution is -0.385. The van der Waals surface area contributed by atoms with Crippen LogP contribution in [0.25, 0.3) is 0 Å². The van der Waals surface area contributed by atoms with Crippen LogP contribution in [0.3, 0.4) is 0 Å². The first-order valence-corrected chi connectivity index (χ1v) is 10.9. The molecule has 2 heterocycles. The van der Waals surface area contributed by atoms with E-state index in [0.29, 0.717) is 32.7 Å². The summed E-state index contributed by atoms with van der Waals surface area (Å²) in [6.07, 6.45) is 0. The number of hydrogen-bond donors (Lipinski definition) is 0. The maximum Gasteiger partial charge on any atom is 0.269 e. The van der Waals surface area contributed by atoms with E-state index in [9.17, 15) is 25.0 Å². The number of non-ortho nitro benzene ring substituents is 2. The summed E-state index contributed by atoms with van der Waals surface area (Å²) in [5.74, 6) is 0.113. The van der Waals surface area contributed by atoms with E-state index in [1.165, 1.54) is 24.3 Å². The van der Waals surface area contributed by atoms with Gasteiger partial charge >= 0.3 is 0 Å². The minimum Gasteiger partial charge on any atom is -0.369 e. The lowest BCUT2D eigenvalue weighted by Gasteiger charge is -2.39. The Labute approximate surface area is 191 Å². The number of nitro groups is 2. The Morgan fingerprint density at radius 1 is 0.667 bits per heavy atom. The third-order valence-electron chi connectivity index (χ3n) is 6.21. The molecule has 2 aromatic rings. The Morgan fingerprint density at radius 2 is 1.06 bits per heavy atom. The van der Waals surface area contributed by atoms with E-state index in [2.05, 4.69) is 14.7 Å². The predicted octanol–water partition coefficient (Wildman–Crippen LogP) is 1.97. The summed E-state index contributed by atoms with van der Waals surface area (Å²) in [7, 11) is 0. The van der Waals surface area contributed by atoms with Crippen molar-refractivity contribution in [3.05, 3.63) is 68.8 Å². The van der Waals surface area contributed by atoms with Crippen molar-refractivity contribution in [2.24, 2.45) is 0 Å². The SMILES string of the molecule is O=C(CN1CCN(c2ccc([N+](=O)[O-])cc2)CC1)N1CCN(c2ccc([N+](=O)[O-])cc2)CC1. The van der Waals surface area contributed by atoms with E-state index in [-0.39, 0.29) is 17.3 Å². The number of rotatable bonds is 6. The Bertz CT molecular complexity index is 997. The molecule has 1 amide bonds. The van der Waals surface area contributed by atoms with Gasteiger partial charge in [-0.25, -0.2) is 0 Å². The van der Waals surface area contributed by atoms with E-state index in [0.717, 1.165) is 37.6 Å². The summed E-state index contributed by atoms with van der Waals surface area (Å²) in [6, 6.07) is 13.1. The fourth-order valence-corrected chi connectivity index (χ4v) is 4.24. The number of carbonyl (C=O) groups is 1. The number of benzene rings is 2. The molecule has 2 aromatic carbocycles. The van der Waals surface area contributed by atoms with Crippen LogP contribution in [0, 0.1) is 20.2 Å². The van der Waals surface area contributed by atoms with Crippen LogP contribution in [-0.4, -0.2) is 84.5 Å². The van der Waals surface area contributed by atoms with Crippen molar-refractivity contribution in [2.75, 3.05) is 68.7 Å². The first kappa shape index (κ1) is 22.5.